The summed E-state index contributed by atoms with van der Waals surface area (Å²) in [4.78, 5) is 4.39. The van der Waals surface area contributed by atoms with E-state index >= 15 is 0 Å². The van der Waals surface area contributed by atoms with Gasteiger partial charge in [-0.25, -0.2) is 4.98 Å². The van der Waals surface area contributed by atoms with Crippen LogP contribution in [-0.2, 0) is 6.54 Å². The van der Waals surface area contributed by atoms with E-state index in [9.17, 15) is 0 Å². The number of para-hydroxylation sites is 1. The van der Waals surface area contributed by atoms with E-state index in [1.807, 2.05) is 30.6 Å². The molecule has 0 aliphatic rings. The van der Waals surface area contributed by atoms with Gasteiger partial charge in [0, 0.05) is 23.9 Å². The smallest absolute Gasteiger partial charge is 0.123 e. The van der Waals surface area contributed by atoms with Crippen LogP contribution in [0, 0.1) is 0 Å². The second kappa shape index (κ2) is 5.04. The number of ether oxygens (including phenoxy) is 1. The first kappa shape index (κ1) is 11.7. The second-order valence-corrected chi connectivity index (χ2v) is 4.38. The molecule has 2 aromatic rings. The van der Waals surface area contributed by atoms with Crippen molar-refractivity contribution in [1.29, 1.82) is 0 Å². The summed E-state index contributed by atoms with van der Waals surface area (Å²) in [6.45, 7) is 5.11. The number of aromatic nitrogens is 2. The van der Waals surface area contributed by atoms with E-state index in [1.165, 1.54) is 5.56 Å². The first-order valence-corrected chi connectivity index (χ1v) is 5.85. The zero-order valence-corrected chi connectivity index (χ0v) is 10.6. The lowest BCUT2D eigenvalue weighted by Crippen LogP contribution is -2.06. The van der Waals surface area contributed by atoms with Gasteiger partial charge in [0.1, 0.15) is 11.6 Å². The second-order valence-electron chi connectivity index (χ2n) is 4.38. The molecule has 3 nitrogen and oxygen atoms in total. The lowest BCUT2D eigenvalue weighted by atomic mass is 10.1. The van der Waals surface area contributed by atoms with Gasteiger partial charge in [0.05, 0.1) is 13.7 Å². The first-order valence-electron chi connectivity index (χ1n) is 5.85. The van der Waals surface area contributed by atoms with Crippen LogP contribution in [0.25, 0.3) is 0 Å². The predicted molar refractivity (Wildman–Crippen MR) is 68.4 cm³/mol. The van der Waals surface area contributed by atoms with E-state index in [2.05, 4.69) is 29.5 Å². The van der Waals surface area contributed by atoms with Crippen molar-refractivity contribution in [2.75, 3.05) is 7.11 Å². The number of methoxy groups -OCH3 is 1. The Morgan fingerprint density at radius 3 is 2.76 bits per heavy atom. The Balaban J connectivity index is 2.28. The molecule has 1 heterocycles. The highest BCUT2D eigenvalue weighted by Gasteiger charge is 2.09. The fraction of sp³-hybridized carbons (Fsp3) is 0.357. The van der Waals surface area contributed by atoms with E-state index in [0.717, 1.165) is 18.1 Å². The third-order valence-corrected chi connectivity index (χ3v) is 2.80. The number of hydrogen-bond donors (Lipinski definition) is 0. The van der Waals surface area contributed by atoms with Crippen molar-refractivity contribution in [3.63, 3.8) is 0 Å². The minimum Gasteiger partial charge on any atom is -0.496 e. The molecule has 0 N–H and O–H groups in total. The molecular formula is C14H18N2O. The monoisotopic (exact) mass is 230 g/mol. The average Bonchev–Trinajstić information content (AvgIpc) is 2.78. The maximum atomic E-state index is 5.36. The molecule has 0 atom stereocenters. The van der Waals surface area contributed by atoms with Gasteiger partial charge < -0.3 is 9.30 Å². The molecule has 3 heteroatoms. The standard InChI is InChI=1S/C14H18N2O/c1-11(2)14-15-8-9-16(14)10-12-6-4-5-7-13(12)17-3/h4-9,11H,10H2,1-3H3. The number of benzene rings is 1. The van der Waals surface area contributed by atoms with Gasteiger partial charge >= 0.3 is 0 Å². The van der Waals surface area contributed by atoms with E-state index in [0.29, 0.717) is 5.92 Å². The van der Waals surface area contributed by atoms with Crippen molar-refractivity contribution < 1.29 is 4.74 Å². The van der Waals surface area contributed by atoms with Crippen LogP contribution in [0.2, 0.25) is 0 Å². The molecule has 90 valence electrons. The Morgan fingerprint density at radius 2 is 2.06 bits per heavy atom. The summed E-state index contributed by atoms with van der Waals surface area (Å²) in [6, 6.07) is 8.09. The van der Waals surface area contributed by atoms with Crippen LogP contribution in [0.5, 0.6) is 5.75 Å². The summed E-state index contributed by atoms with van der Waals surface area (Å²) in [5.74, 6) is 2.46. The minimum atomic E-state index is 0.430. The van der Waals surface area contributed by atoms with Crippen LogP contribution < -0.4 is 4.74 Å². The molecule has 2 rings (SSSR count). The summed E-state index contributed by atoms with van der Waals surface area (Å²) in [7, 11) is 1.70. The van der Waals surface area contributed by atoms with Crippen molar-refractivity contribution in [3.05, 3.63) is 48.0 Å². The summed E-state index contributed by atoms with van der Waals surface area (Å²) in [6.07, 6.45) is 3.87. The number of hydrogen-bond acceptors (Lipinski definition) is 2. The van der Waals surface area contributed by atoms with Crippen LogP contribution >= 0.6 is 0 Å². The third-order valence-electron chi connectivity index (χ3n) is 2.80. The Bertz CT molecular complexity index is 488. The van der Waals surface area contributed by atoms with E-state index < -0.39 is 0 Å². The van der Waals surface area contributed by atoms with Gasteiger partial charge in [0.15, 0.2) is 0 Å². The molecule has 1 aromatic heterocycles. The van der Waals surface area contributed by atoms with Crippen molar-refractivity contribution >= 4 is 0 Å². The maximum absolute atomic E-state index is 5.36. The Labute approximate surface area is 102 Å². The fourth-order valence-electron chi connectivity index (χ4n) is 1.97. The first-order chi connectivity index (χ1) is 8.22. The van der Waals surface area contributed by atoms with Gasteiger partial charge in [-0.2, -0.15) is 0 Å². The quantitative estimate of drug-likeness (QED) is 0.807. The summed E-state index contributed by atoms with van der Waals surface area (Å²) < 4.78 is 7.53. The highest BCUT2D eigenvalue weighted by Crippen LogP contribution is 2.20. The van der Waals surface area contributed by atoms with Gasteiger partial charge in [-0.3, -0.25) is 0 Å². The van der Waals surface area contributed by atoms with Crippen molar-refractivity contribution in [1.82, 2.24) is 9.55 Å². The Kier molecular flexibility index (Phi) is 3.47. The normalized spacial score (nSPS) is 10.8. The highest BCUT2D eigenvalue weighted by atomic mass is 16.5. The predicted octanol–water partition coefficient (Wildman–Crippen LogP) is 3.06. The van der Waals surface area contributed by atoms with Gasteiger partial charge in [-0.1, -0.05) is 32.0 Å². The highest BCUT2D eigenvalue weighted by molar-refractivity contribution is 5.33. The molecule has 0 fully saturated rings. The molecule has 0 aliphatic carbocycles. The maximum Gasteiger partial charge on any atom is 0.123 e. The largest absolute Gasteiger partial charge is 0.496 e. The molecule has 17 heavy (non-hydrogen) atoms. The molecule has 0 bridgehead atoms. The third kappa shape index (κ3) is 2.49. The van der Waals surface area contributed by atoms with Gasteiger partial charge in [-0.15, -0.1) is 0 Å². The molecule has 0 saturated heterocycles. The molecule has 0 amide bonds. The summed E-state index contributed by atoms with van der Waals surface area (Å²) >= 11 is 0. The molecule has 1 aromatic carbocycles. The summed E-state index contributed by atoms with van der Waals surface area (Å²) in [5.41, 5.74) is 1.18. The van der Waals surface area contributed by atoms with Crippen LogP contribution in [0.3, 0.4) is 0 Å². The minimum absolute atomic E-state index is 0.430. The molecule has 0 spiro atoms. The zero-order valence-electron chi connectivity index (χ0n) is 10.6. The van der Waals surface area contributed by atoms with Crippen molar-refractivity contribution in [2.24, 2.45) is 0 Å². The van der Waals surface area contributed by atoms with Gasteiger partial charge in [0.2, 0.25) is 0 Å². The van der Waals surface area contributed by atoms with Crippen molar-refractivity contribution in [2.45, 2.75) is 26.3 Å². The Morgan fingerprint density at radius 1 is 1.29 bits per heavy atom. The lowest BCUT2D eigenvalue weighted by molar-refractivity contribution is 0.408. The topological polar surface area (TPSA) is 27.1 Å². The number of nitrogens with zero attached hydrogens (tertiary/aromatic N) is 2. The molecule has 0 saturated carbocycles. The van der Waals surface area contributed by atoms with Gasteiger partial charge in [-0.05, 0) is 6.07 Å². The molecular weight excluding hydrogens is 212 g/mol. The average molecular weight is 230 g/mol. The van der Waals surface area contributed by atoms with Crippen molar-refractivity contribution in [3.8, 4) is 5.75 Å². The van der Waals surface area contributed by atoms with E-state index in [1.54, 1.807) is 7.11 Å². The van der Waals surface area contributed by atoms with E-state index in [4.69, 9.17) is 4.74 Å². The molecule has 0 radical (unpaired) electrons. The van der Waals surface area contributed by atoms with Crippen LogP contribution in [0.4, 0.5) is 0 Å². The van der Waals surface area contributed by atoms with Crippen LogP contribution in [0.15, 0.2) is 36.7 Å². The Hall–Kier alpha value is -1.77. The van der Waals surface area contributed by atoms with Crippen LogP contribution in [0.1, 0.15) is 31.2 Å². The number of rotatable bonds is 4. The van der Waals surface area contributed by atoms with E-state index in [-0.39, 0.29) is 0 Å². The fourth-order valence-corrected chi connectivity index (χ4v) is 1.97. The lowest BCUT2D eigenvalue weighted by Gasteiger charge is -2.12. The molecule has 0 aliphatic heterocycles. The summed E-state index contributed by atoms with van der Waals surface area (Å²) in [5, 5.41) is 0. The van der Waals surface area contributed by atoms with Gasteiger partial charge in [0.25, 0.3) is 0 Å². The van der Waals surface area contributed by atoms with Crippen LogP contribution in [-0.4, -0.2) is 16.7 Å². The number of imidazole rings is 1. The SMILES string of the molecule is COc1ccccc1Cn1ccnc1C(C)C. The zero-order chi connectivity index (χ0) is 12.3. The molecule has 0 unspecified atom stereocenters.